The fourth-order valence-corrected chi connectivity index (χ4v) is 4.18. The van der Waals surface area contributed by atoms with Gasteiger partial charge in [0.25, 0.3) is 5.91 Å². The highest BCUT2D eigenvalue weighted by Crippen LogP contribution is 2.45. The first kappa shape index (κ1) is 24.2. The van der Waals surface area contributed by atoms with Gasteiger partial charge in [-0.15, -0.1) is 0 Å². The number of amides is 2. The topological polar surface area (TPSA) is 62.3 Å². The van der Waals surface area contributed by atoms with Crippen molar-refractivity contribution in [2.75, 3.05) is 12.4 Å². The van der Waals surface area contributed by atoms with Gasteiger partial charge in [0.15, 0.2) is 0 Å². The van der Waals surface area contributed by atoms with E-state index >= 15 is 0 Å². The zero-order valence-electron chi connectivity index (χ0n) is 18.0. The van der Waals surface area contributed by atoms with E-state index in [0.717, 1.165) is 4.90 Å². The number of nitrogens with zero attached hydrogens (tertiary/aromatic N) is 2. The Hall–Kier alpha value is -3.89. The number of nitrogens with one attached hydrogen (secondary N) is 1. The quantitative estimate of drug-likeness (QED) is 0.479. The average Bonchev–Trinajstić information content (AvgIpc) is 2.80. The monoisotopic (exact) mass is 493 g/mol. The molecule has 0 aliphatic carbocycles. The summed E-state index contributed by atoms with van der Waals surface area (Å²) in [6.07, 6.45) is -7.36. The van der Waals surface area contributed by atoms with Gasteiger partial charge in [0.1, 0.15) is 0 Å². The molecule has 2 heterocycles. The third-order valence-electron chi connectivity index (χ3n) is 5.76. The summed E-state index contributed by atoms with van der Waals surface area (Å²) in [4.78, 5) is 31.3. The van der Waals surface area contributed by atoms with E-state index in [0.29, 0.717) is 17.8 Å². The van der Waals surface area contributed by atoms with Crippen LogP contribution < -0.4 is 5.32 Å². The van der Waals surface area contributed by atoms with Gasteiger partial charge < -0.3 is 10.2 Å². The number of aromatic nitrogens is 1. The van der Waals surface area contributed by atoms with Crippen LogP contribution in [-0.2, 0) is 17.1 Å². The van der Waals surface area contributed by atoms with Crippen LogP contribution in [-0.4, -0.2) is 28.7 Å². The van der Waals surface area contributed by atoms with Crippen LogP contribution in [0.4, 0.5) is 32.0 Å². The number of alkyl halides is 6. The molecule has 4 rings (SSSR count). The van der Waals surface area contributed by atoms with Crippen LogP contribution in [0.15, 0.2) is 67.0 Å². The maximum Gasteiger partial charge on any atom is 0.416 e. The predicted octanol–water partition coefficient (Wildman–Crippen LogP) is 5.67. The number of carbonyl (C=O) groups excluding carboxylic acids is 2. The average molecular weight is 493 g/mol. The number of hydrogen-bond acceptors (Lipinski definition) is 3. The molecule has 0 bridgehead atoms. The molecule has 0 saturated carbocycles. The second-order valence-electron chi connectivity index (χ2n) is 7.99. The van der Waals surface area contributed by atoms with Crippen molar-refractivity contribution in [1.82, 2.24) is 9.88 Å². The van der Waals surface area contributed by atoms with Crippen molar-refractivity contribution in [3.05, 3.63) is 94.8 Å². The zero-order chi connectivity index (χ0) is 25.5. The van der Waals surface area contributed by atoms with Crippen LogP contribution in [0.3, 0.4) is 0 Å². The van der Waals surface area contributed by atoms with Gasteiger partial charge >= 0.3 is 12.4 Å². The van der Waals surface area contributed by atoms with E-state index in [2.05, 4.69) is 10.3 Å². The first-order valence-corrected chi connectivity index (χ1v) is 10.2. The van der Waals surface area contributed by atoms with Gasteiger partial charge in [-0.3, -0.25) is 14.6 Å². The number of benzene rings is 2. The predicted molar refractivity (Wildman–Crippen MR) is 113 cm³/mol. The Balaban J connectivity index is 1.92. The molecule has 0 saturated heterocycles. The van der Waals surface area contributed by atoms with Crippen LogP contribution in [0.25, 0.3) is 0 Å². The Morgan fingerprint density at radius 2 is 1.49 bits per heavy atom. The summed E-state index contributed by atoms with van der Waals surface area (Å²) in [5.41, 5.74) is -2.89. The minimum atomic E-state index is -5.08. The number of fused-ring (bicyclic) bond motifs is 1. The van der Waals surface area contributed by atoms with Gasteiger partial charge in [0, 0.05) is 30.7 Å². The fraction of sp³-hybridized carbons (Fsp3) is 0.208. The fourth-order valence-electron chi connectivity index (χ4n) is 4.18. The number of pyridine rings is 1. The molecule has 0 fully saturated rings. The summed E-state index contributed by atoms with van der Waals surface area (Å²) < 4.78 is 81.2. The van der Waals surface area contributed by atoms with E-state index in [1.807, 2.05) is 0 Å². The number of rotatable bonds is 3. The lowest BCUT2D eigenvalue weighted by Crippen LogP contribution is -2.44. The Kier molecular flexibility index (Phi) is 6.04. The number of halogens is 6. The van der Waals surface area contributed by atoms with Crippen molar-refractivity contribution in [3.63, 3.8) is 0 Å². The molecule has 0 spiro atoms. The summed E-state index contributed by atoms with van der Waals surface area (Å²) in [6, 6.07) is 8.60. The highest BCUT2D eigenvalue weighted by atomic mass is 19.4. The first-order chi connectivity index (χ1) is 16.4. The molecule has 5 nitrogen and oxygen atoms in total. The highest BCUT2D eigenvalue weighted by Gasteiger charge is 2.45. The Bertz CT molecular complexity index is 1240. The van der Waals surface area contributed by atoms with Gasteiger partial charge in [-0.05, 0) is 47.5 Å². The number of carbonyl (C=O) groups is 2. The normalized spacial score (nSPS) is 18.3. The molecule has 11 heteroatoms. The molecule has 0 radical (unpaired) electrons. The molecular weight excluding hydrogens is 476 g/mol. The lowest BCUT2D eigenvalue weighted by molar-refractivity contribution is -0.143. The van der Waals surface area contributed by atoms with Crippen molar-refractivity contribution in [3.8, 4) is 0 Å². The first-order valence-electron chi connectivity index (χ1n) is 10.2. The molecule has 2 atom stereocenters. The van der Waals surface area contributed by atoms with Crippen LogP contribution in [0.2, 0.25) is 0 Å². The van der Waals surface area contributed by atoms with Crippen molar-refractivity contribution in [2.45, 2.75) is 24.3 Å². The summed E-state index contributed by atoms with van der Waals surface area (Å²) in [7, 11) is 1.24. The second-order valence-corrected chi connectivity index (χ2v) is 7.99. The van der Waals surface area contributed by atoms with Gasteiger partial charge in [-0.25, -0.2) is 0 Å². The third kappa shape index (κ3) is 4.71. The minimum absolute atomic E-state index is 0.00808. The molecule has 2 unspecified atom stereocenters. The SMILES string of the molecule is CN1C(=O)c2ccccc2C(C(=O)Nc2ccncc2)C1c1cc(C(F)(F)F)cc(C(F)(F)F)c1. The number of hydrogen-bond donors (Lipinski definition) is 1. The molecule has 3 aromatic rings. The Morgan fingerprint density at radius 3 is 2.06 bits per heavy atom. The molecule has 1 aliphatic heterocycles. The zero-order valence-corrected chi connectivity index (χ0v) is 18.0. The van der Waals surface area contributed by atoms with Crippen LogP contribution >= 0.6 is 0 Å². The second kappa shape index (κ2) is 8.71. The smallest absolute Gasteiger partial charge is 0.334 e. The van der Waals surface area contributed by atoms with Gasteiger partial charge in [-0.1, -0.05) is 18.2 Å². The van der Waals surface area contributed by atoms with Gasteiger partial charge in [-0.2, -0.15) is 26.3 Å². The largest absolute Gasteiger partial charge is 0.416 e. The standard InChI is InChI=1S/C24H17F6N3O2/c1-33-20(13-10-14(23(25,26)27)12-15(11-13)24(28,29)30)19(17-4-2-3-5-18(17)22(33)35)21(34)32-16-6-8-31-9-7-16/h2-12,19-20H,1H3,(H,31,32,34). The third-order valence-corrected chi connectivity index (χ3v) is 5.76. The van der Waals surface area contributed by atoms with Crippen LogP contribution in [0, 0.1) is 0 Å². The van der Waals surface area contributed by atoms with Gasteiger partial charge in [0.2, 0.25) is 5.91 Å². The Labute approximate surface area is 195 Å². The molecule has 35 heavy (non-hydrogen) atoms. The molecular formula is C24H17F6N3O2. The summed E-state index contributed by atoms with van der Waals surface area (Å²) in [5, 5.41) is 2.62. The Morgan fingerprint density at radius 1 is 0.914 bits per heavy atom. The highest BCUT2D eigenvalue weighted by molar-refractivity contribution is 6.04. The molecule has 1 aliphatic rings. The molecule has 2 aromatic carbocycles. The maximum atomic E-state index is 13.5. The molecule has 1 N–H and O–H groups in total. The van der Waals surface area contributed by atoms with Crippen molar-refractivity contribution in [1.29, 1.82) is 0 Å². The van der Waals surface area contributed by atoms with E-state index in [9.17, 15) is 35.9 Å². The minimum Gasteiger partial charge on any atom is -0.334 e. The van der Waals surface area contributed by atoms with Crippen molar-refractivity contribution < 1.29 is 35.9 Å². The maximum absolute atomic E-state index is 13.5. The summed E-state index contributed by atoms with van der Waals surface area (Å²) in [6.45, 7) is 0. The van der Waals surface area contributed by atoms with Crippen LogP contribution in [0.5, 0.6) is 0 Å². The summed E-state index contributed by atoms with van der Waals surface area (Å²) >= 11 is 0. The molecule has 182 valence electrons. The van der Waals surface area contributed by atoms with Crippen molar-refractivity contribution >= 4 is 17.5 Å². The van der Waals surface area contributed by atoms with E-state index in [4.69, 9.17) is 0 Å². The molecule has 2 amide bonds. The van der Waals surface area contributed by atoms with Crippen molar-refractivity contribution in [2.24, 2.45) is 0 Å². The lowest BCUT2D eigenvalue weighted by atomic mass is 9.78. The van der Waals surface area contributed by atoms with E-state index in [-0.39, 0.29) is 17.2 Å². The van der Waals surface area contributed by atoms with E-state index in [1.165, 1.54) is 49.8 Å². The van der Waals surface area contributed by atoms with E-state index in [1.54, 1.807) is 6.07 Å². The number of likely N-dealkylation sites (N-methyl/N-ethyl adjacent to an activating group) is 1. The molecule has 1 aromatic heterocycles. The van der Waals surface area contributed by atoms with E-state index < -0.39 is 52.8 Å². The lowest BCUT2D eigenvalue weighted by Gasteiger charge is -2.40. The summed E-state index contributed by atoms with van der Waals surface area (Å²) in [5.74, 6) is -2.64. The van der Waals surface area contributed by atoms with Crippen LogP contribution in [0.1, 0.15) is 44.6 Å². The number of anilines is 1. The van der Waals surface area contributed by atoms with Gasteiger partial charge in [0.05, 0.1) is 23.1 Å².